The topological polar surface area (TPSA) is 37.0 Å². The molecule has 2 heterocycles. The highest BCUT2D eigenvalue weighted by Gasteiger charge is 2.10. The van der Waals surface area contributed by atoms with Gasteiger partial charge < -0.3 is 10.6 Å². The molecular formula is C20H17N3S3. The zero-order valence-corrected chi connectivity index (χ0v) is 16.5. The van der Waals surface area contributed by atoms with Crippen molar-refractivity contribution in [1.82, 2.24) is 4.98 Å². The van der Waals surface area contributed by atoms with Gasteiger partial charge in [-0.1, -0.05) is 18.2 Å². The fourth-order valence-electron chi connectivity index (χ4n) is 2.55. The maximum Gasteiger partial charge on any atom is 0.187 e. The molecule has 4 rings (SSSR count). The average Bonchev–Trinajstić information content (AvgIpc) is 3.33. The van der Waals surface area contributed by atoms with E-state index in [1.54, 1.807) is 34.4 Å². The van der Waals surface area contributed by atoms with Crippen LogP contribution in [0.2, 0.25) is 0 Å². The van der Waals surface area contributed by atoms with Crippen LogP contribution in [-0.4, -0.2) is 11.2 Å². The molecule has 2 aromatic carbocycles. The van der Waals surface area contributed by atoms with Crippen molar-refractivity contribution < 1.29 is 0 Å². The minimum Gasteiger partial charge on any atom is -0.356 e. The summed E-state index contributed by atoms with van der Waals surface area (Å²) in [6, 6.07) is 20.5. The Hall–Kier alpha value is -2.28. The van der Waals surface area contributed by atoms with Gasteiger partial charge in [-0.2, -0.15) is 0 Å². The summed E-state index contributed by atoms with van der Waals surface area (Å²) in [5.41, 5.74) is 5.42. The highest BCUT2D eigenvalue weighted by Crippen LogP contribution is 2.36. The van der Waals surface area contributed by atoms with Gasteiger partial charge in [-0.25, -0.2) is 4.98 Å². The molecule has 2 N–H and O–H groups in total. The maximum atomic E-state index is 4.73. The molecule has 0 unspecified atom stereocenters. The van der Waals surface area contributed by atoms with E-state index in [1.165, 1.54) is 9.77 Å². The van der Waals surface area contributed by atoms with E-state index >= 15 is 0 Å². The second-order valence-electron chi connectivity index (χ2n) is 5.56. The molecule has 0 atom stereocenters. The van der Waals surface area contributed by atoms with Crippen molar-refractivity contribution in [1.29, 1.82) is 0 Å². The molecule has 26 heavy (non-hydrogen) atoms. The fourth-order valence-corrected chi connectivity index (χ4v) is 4.85. The molecule has 4 aromatic rings. The summed E-state index contributed by atoms with van der Waals surface area (Å²) in [6.07, 6.45) is 2.10. The van der Waals surface area contributed by atoms with Crippen molar-refractivity contribution in [3.05, 3.63) is 71.4 Å². The largest absolute Gasteiger partial charge is 0.356 e. The monoisotopic (exact) mass is 395 g/mol. The molecule has 3 nitrogen and oxygen atoms in total. The molecule has 130 valence electrons. The van der Waals surface area contributed by atoms with Crippen LogP contribution in [0.15, 0.2) is 75.6 Å². The number of thiophene rings is 1. The summed E-state index contributed by atoms with van der Waals surface area (Å²) >= 11 is 5.15. The van der Waals surface area contributed by atoms with E-state index in [9.17, 15) is 0 Å². The highest BCUT2D eigenvalue weighted by molar-refractivity contribution is 8.00. The standard InChI is InChI=1S/C20H17N3S3/c1-24-19-17(11-12-25-19)18-13-26-20(23-18)22-16-9-7-15(8-10-16)21-14-5-3-2-4-6-14/h2-13,21H,1H3,(H,22,23). The number of thiazole rings is 1. The van der Waals surface area contributed by atoms with Crippen LogP contribution in [0, 0.1) is 0 Å². The number of hydrogen-bond acceptors (Lipinski definition) is 6. The number of nitrogens with zero attached hydrogens (tertiary/aromatic N) is 1. The quantitative estimate of drug-likeness (QED) is 0.342. The minimum absolute atomic E-state index is 0.905. The van der Waals surface area contributed by atoms with E-state index in [0.717, 1.165) is 27.9 Å². The molecule has 0 radical (unpaired) electrons. The summed E-state index contributed by atoms with van der Waals surface area (Å²) < 4.78 is 1.30. The first-order chi connectivity index (χ1) is 12.8. The first-order valence-electron chi connectivity index (χ1n) is 8.08. The Bertz CT molecular complexity index is 975. The molecule has 0 saturated heterocycles. The van der Waals surface area contributed by atoms with Crippen LogP contribution in [0.1, 0.15) is 0 Å². The Morgan fingerprint density at radius 1 is 0.808 bits per heavy atom. The third-order valence-corrected chi connectivity index (χ3v) is 6.64. The number of hydrogen-bond donors (Lipinski definition) is 2. The number of rotatable bonds is 6. The van der Waals surface area contributed by atoms with Crippen molar-refractivity contribution in [2.24, 2.45) is 0 Å². The zero-order valence-electron chi connectivity index (χ0n) is 14.1. The maximum absolute atomic E-state index is 4.73. The van der Waals surface area contributed by atoms with Gasteiger partial charge in [0.2, 0.25) is 0 Å². The van der Waals surface area contributed by atoms with Gasteiger partial charge in [-0.3, -0.25) is 0 Å². The number of para-hydroxylation sites is 1. The lowest BCUT2D eigenvalue weighted by atomic mass is 10.2. The predicted octanol–water partition coefficient (Wildman–Crippen LogP) is 7.08. The lowest BCUT2D eigenvalue weighted by Gasteiger charge is -2.08. The highest BCUT2D eigenvalue weighted by atomic mass is 32.2. The molecule has 2 aromatic heterocycles. The molecular weight excluding hydrogens is 378 g/mol. The summed E-state index contributed by atoms with van der Waals surface area (Å²) in [6.45, 7) is 0. The number of benzene rings is 2. The van der Waals surface area contributed by atoms with E-state index in [0.29, 0.717) is 0 Å². The van der Waals surface area contributed by atoms with E-state index in [4.69, 9.17) is 4.98 Å². The van der Waals surface area contributed by atoms with Crippen LogP contribution in [0.25, 0.3) is 11.3 Å². The van der Waals surface area contributed by atoms with Crippen LogP contribution >= 0.6 is 34.4 Å². The summed E-state index contributed by atoms with van der Waals surface area (Å²) in [5, 5.41) is 11.9. The van der Waals surface area contributed by atoms with Crippen molar-refractivity contribution in [2.75, 3.05) is 16.9 Å². The van der Waals surface area contributed by atoms with Gasteiger partial charge in [0.15, 0.2) is 5.13 Å². The first-order valence-corrected chi connectivity index (χ1v) is 11.1. The number of thioether (sulfide) groups is 1. The lowest BCUT2D eigenvalue weighted by molar-refractivity contribution is 1.37. The Kier molecular flexibility index (Phi) is 5.24. The molecule has 6 heteroatoms. The summed E-state index contributed by atoms with van der Waals surface area (Å²) in [4.78, 5) is 4.73. The normalized spacial score (nSPS) is 10.7. The van der Waals surface area contributed by atoms with Crippen LogP contribution in [0.4, 0.5) is 22.2 Å². The van der Waals surface area contributed by atoms with Crippen LogP contribution in [0.5, 0.6) is 0 Å². The molecule has 0 bridgehead atoms. The van der Waals surface area contributed by atoms with Gasteiger partial charge in [0, 0.05) is 28.0 Å². The first kappa shape index (κ1) is 17.1. The van der Waals surface area contributed by atoms with Crippen molar-refractivity contribution in [3.63, 3.8) is 0 Å². The average molecular weight is 396 g/mol. The molecule has 0 aliphatic rings. The molecule has 0 saturated carbocycles. The Balaban J connectivity index is 1.45. The minimum atomic E-state index is 0.905. The smallest absolute Gasteiger partial charge is 0.187 e. The van der Waals surface area contributed by atoms with Gasteiger partial charge in [-0.15, -0.1) is 34.4 Å². The Morgan fingerprint density at radius 3 is 2.23 bits per heavy atom. The van der Waals surface area contributed by atoms with Gasteiger partial charge in [0.05, 0.1) is 9.90 Å². The van der Waals surface area contributed by atoms with Gasteiger partial charge in [0.25, 0.3) is 0 Å². The van der Waals surface area contributed by atoms with E-state index in [2.05, 4.69) is 70.1 Å². The molecule has 0 fully saturated rings. The summed E-state index contributed by atoms with van der Waals surface area (Å²) in [5.74, 6) is 0. The van der Waals surface area contributed by atoms with E-state index in [1.807, 2.05) is 18.2 Å². The SMILES string of the molecule is CSc1sccc1-c1csc(Nc2ccc(Nc3ccccc3)cc2)n1. The van der Waals surface area contributed by atoms with Crippen LogP contribution in [0.3, 0.4) is 0 Å². The third kappa shape index (κ3) is 3.93. The van der Waals surface area contributed by atoms with Gasteiger partial charge >= 0.3 is 0 Å². The van der Waals surface area contributed by atoms with Gasteiger partial charge in [0.1, 0.15) is 0 Å². The second-order valence-corrected chi connectivity index (χ2v) is 8.41. The Morgan fingerprint density at radius 2 is 1.50 bits per heavy atom. The van der Waals surface area contributed by atoms with Crippen molar-refractivity contribution in [3.8, 4) is 11.3 Å². The number of aromatic nitrogens is 1. The van der Waals surface area contributed by atoms with Crippen molar-refractivity contribution >= 4 is 56.6 Å². The number of nitrogens with one attached hydrogen (secondary N) is 2. The van der Waals surface area contributed by atoms with Crippen LogP contribution < -0.4 is 10.6 Å². The second kappa shape index (κ2) is 7.95. The molecule has 0 amide bonds. The molecule has 0 aliphatic heterocycles. The van der Waals surface area contributed by atoms with Gasteiger partial charge in [-0.05, 0) is 54.1 Å². The number of anilines is 4. The summed E-state index contributed by atoms with van der Waals surface area (Å²) in [7, 11) is 0. The van der Waals surface area contributed by atoms with Crippen LogP contribution in [-0.2, 0) is 0 Å². The third-order valence-electron chi connectivity index (χ3n) is 3.79. The Labute approximate surface area is 165 Å². The predicted molar refractivity (Wildman–Crippen MR) is 117 cm³/mol. The molecule has 0 spiro atoms. The van der Waals surface area contributed by atoms with E-state index in [-0.39, 0.29) is 0 Å². The lowest BCUT2D eigenvalue weighted by Crippen LogP contribution is -1.92. The van der Waals surface area contributed by atoms with Crippen molar-refractivity contribution in [2.45, 2.75) is 4.21 Å². The zero-order chi connectivity index (χ0) is 17.8. The molecule has 0 aliphatic carbocycles. The van der Waals surface area contributed by atoms with E-state index < -0.39 is 0 Å². The fraction of sp³-hybridized carbons (Fsp3) is 0.0500.